The first kappa shape index (κ1) is 12.5. The van der Waals surface area contributed by atoms with Crippen molar-refractivity contribution in [3.63, 3.8) is 0 Å². The third-order valence-corrected chi connectivity index (χ3v) is 3.44. The number of rotatable bonds is 7. The molecule has 1 aromatic heterocycles. The zero-order valence-corrected chi connectivity index (χ0v) is 10.6. The lowest BCUT2D eigenvalue weighted by Gasteiger charge is -2.24. The summed E-state index contributed by atoms with van der Waals surface area (Å²) in [5.74, 6) is 6.31. The van der Waals surface area contributed by atoms with E-state index in [2.05, 4.69) is 23.6 Å². The van der Waals surface area contributed by atoms with E-state index in [1.54, 1.807) is 7.11 Å². The number of aromatic nitrogens is 2. The van der Waals surface area contributed by atoms with Crippen LogP contribution in [0.15, 0.2) is 12.4 Å². The molecule has 0 radical (unpaired) electrons. The highest BCUT2D eigenvalue weighted by Gasteiger charge is 2.36. The van der Waals surface area contributed by atoms with Gasteiger partial charge in [0.15, 0.2) is 0 Å². The molecular formula is C12H22N4O. The molecule has 0 aromatic carbocycles. The van der Waals surface area contributed by atoms with Crippen LogP contribution in [-0.2, 0) is 17.7 Å². The molecule has 0 spiro atoms. The van der Waals surface area contributed by atoms with Gasteiger partial charge in [-0.15, -0.1) is 0 Å². The quantitative estimate of drug-likeness (QED) is 0.542. The van der Waals surface area contributed by atoms with Crippen LogP contribution in [0, 0.1) is 5.92 Å². The van der Waals surface area contributed by atoms with Gasteiger partial charge in [-0.25, -0.2) is 0 Å². The molecular weight excluding hydrogens is 216 g/mol. The Morgan fingerprint density at radius 1 is 1.65 bits per heavy atom. The smallest absolute Gasteiger partial charge is 0.0769 e. The molecule has 0 amide bonds. The van der Waals surface area contributed by atoms with Crippen LogP contribution in [0.5, 0.6) is 0 Å². The van der Waals surface area contributed by atoms with E-state index in [1.165, 1.54) is 18.4 Å². The Labute approximate surface area is 102 Å². The molecule has 2 rings (SSSR count). The van der Waals surface area contributed by atoms with Crippen molar-refractivity contribution < 1.29 is 4.74 Å². The second kappa shape index (κ2) is 5.62. The molecule has 5 nitrogen and oxygen atoms in total. The third kappa shape index (κ3) is 3.06. The van der Waals surface area contributed by atoms with Gasteiger partial charge < -0.3 is 4.74 Å². The summed E-state index contributed by atoms with van der Waals surface area (Å²) >= 11 is 0. The zero-order valence-electron chi connectivity index (χ0n) is 10.6. The number of nitrogens with one attached hydrogen (secondary N) is 1. The fourth-order valence-corrected chi connectivity index (χ4v) is 2.32. The second-order valence-electron chi connectivity index (χ2n) is 4.72. The van der Waals surface area contributed by atoms with Crippen molar-refractivity contribution in [2.45, 2.75) is 44.9 Å². The molecule has 5 heteroatoms. The lowest BCUT2D eigenvalue weighted by atomic mass is 10.0. The Morgan fingerprint density at radius 3 is 2.88 bits per heavy atom. The Kier molecular flexibility index (Phi) is 4.15. The molecule has 0 saturated heterocycles. The lowest BCUT2D eigenvalue weighted by molar-refractivity contribution is 0.0511. The molecule has 1 aromatic rings. The number of hydrogen-bond acceptors (Lipinski definition) is 4. The van der Waals surface area contributed by atoms with Crippen LogP contribution >= 0.6 is 0 Å². The number of ether oxygens (including phenoxy) is 1. The third-order valence-electron chi connectivity index (χ3n) is 3.44. The standard InChI is InChI=1S/C12H22N4O/c1-3-16-8-9(7-14-16)6-11(15-13)12(17-2)10-4-5-10/h7-8,10-12,15H,3-6,13H2,1-2H3. The minimum Gasteiger partial charge on any atom is -0.379 e. The average Bonchev–Trinajstić information content (AvgIpc) is 3.08. The largest absolute Gasteiger partial charge is 0.379 e. The van der Waals surface area contributed by atoms with E-state index >= 15 is 0 Å². The van der Waals surface area contributed by atoms with Crippen molar-refractivity contribution in [3.05, 3.63) is 18.0 Å². The van der Waals surface area contributed by atoms with Crippen LogP contribution in [0.4, 0.5) is 0 Å². The van der Waals surface area contributed by atoms with Crippen molar-refractivity contribution in [2.24, 2.45) is 11.8 Å². The van der Waals surface area contributed by atoms with E-state index < -0.39 is 0 Å². The van der Waals surface area contributed by atoms with Gasteiger partial charge in [0.2, 0.25) is 0 Å². The monoisotopic (exact) mass is 238 g/mol. The summed E-state index contributed by atoms with van der Waals surface area (Å²) in [6.07, 6.45) is 7.57. The highest BCUT2D eigenvalue weighted by Crippen LogP contribution is 2.36. The Balaban J connectivity index is 1.97. The number of hydrazine groups is 1. The van der Waals surface area contributed by atoms with Gasteiger partial charge in [0.25, 0.3) is 0 Å². The zero-order chi connectivity index (χ0) is 12.3. The SMILES string of the molecule is CCn1cc(CC(NN)C(OC)C2CC2)cn1. The van der Waals surface area contributed by atoms with Crippen LogP contribution in [-0.4, -0.2) is 29.0 Å². The summed E-state index contributed by atoms with van der Waals surface area (Å²) in [6.45, 7) is 2.98. The molecule has 1 aliphatic carbocycles. The van der Waals surface area contributed by atoms with Crippen molar-refractivity contribution >= 4 is 0 Å². The van der Waals surface area contributed by atoms with Gasteiger partial charge in [-0.2, -0.15) is 5.10 Å². The van der Waals surface area contributed by atoms with Gasteiger partial charge in [0, 0.05) is 19.9 Å². The predicted molar refractivity (Wildman–Crippen MR) is 66.2 cm³/mol. The molecule has 1 aliphatic rings. The summed E-state index contributed by atoms with van der Waals surface area (Å²) in [7, 11) is 1.77. The van der Waals surface area contributed by atoms with E-state index in [1.807, 2.05) is 10.9 Å². The van der Waals surface area contributed by atoms with Crippen molar-refractivity contribution in [2.75, 3.05) is 7.11 Å². The molecule has 0 bridgehead atoms. The van der Waals surface area contributed by atoms with Crippen molar-refractivity contribution in [1.29, 1.82) is 0 Å². The van der Waals surface area contributed by atoms with E-state index in [-0.39, 0.29) is 12.1 Å². The fraction of sp³-hybridized carbons (Fsp3) is 0.750. The Hall–Kier alpha value is -0.910. The van der Waals surface area contributed by atoms with Crippen LogP contribution < -0.4 is 11.3 Å². The first-order chi connectivity index (χ1) is 8.28. The topological polar surface area (TPSA) is 65.1 Å². The van der Waals surface area contributed by atoms with Gasteiger partial charge in [-0.1, -0.05) is 0 Å². The fourth-order valence-electron chi connectivity index (χ4n) is 2.32. The van der Waals surface area contributed by atoms with Crippen molar-refractivity contribution in [1.82, 2.24) is 15.2 Å². The molecule has 1 heterocycles. The minimum absolute atomic E-state index is 0.169. The van der Waals surface area contributed by atoms with Crippen LogP contribution in [0.25, 0.3) is 0 Å². The molecule has 0 aliphatic heterocycles. The number of nitrogens with two attached hydrogens (primary N) is 1. The molecule has 1 saturated carbocycles. The van der Waals surface area contributed by atoms with Crippen molar-refractivity contribution in [3.8, 4) is 0 Å². The highest BCUT2D eigenvalue weighted by atomic mass is 16.5. The number of methoxy groups -OCH3 is 1. The van der Waals surface area contributed by atoms with E-state index in [9.17, 15) is 0 Å². The summed E-state index contributed by atoms with van der Waals surface area (Å²) in [5, 5.41) is 4.27. The van der Waals surface area contributed by atoms with Crippen LogP contribution in [0.2, 0.25) is 0 Å². The van der Waals surface area contributed by atoms with Gasteiger partial charge in [-0.3, -0.25) is 16.0 Å². The first-order valence-electron chi connectivity index (χ1n) is 6.28. The molecule has 17 heavy (non-hydrogen) atoms. The lowest BCUT2D eigenvalue weighted by Crippen LogP contribution is -2.47. The molecule has 3 N–H and O–H groups in total. The Morgan fingerprint density at radius 2 is 2.41 bits per heavy atom. The van der Waals surface area contributed by atoms with Gasteiger partial charge >= 0.3 is 0 Å². The molecule has 1 fully saturated rings. The average molecular weight is 238 g/mol. The highest BCUT2D eigenvalue weighted by molar-refractivity contribution is 5.08. The predicted octanol–water partition coefficient (Wildman–Crippen LogP) is 0.702. The molecule has 96 valence electrons. The minimum atomic E-state index is 0.169. The summed E-state index contributed by atoms with van der Waals surface area (Å²) < 4.78 is 7.50. The van der Waals surface area contributed by atoms with Crippen LogP contribution in [0.3, 0.4) is 0 Å². The van der Waals surface area contributed by atoms with Gasteiger partial charge in [0.1, 0.15) is 0 Å². The normalized spacial score (nSPS) is 19.2. The number of aryl methyl sites for hydroxylation is 1. The summed E-state index contributed by atoms with van der Waals surface area (Å²) in [4.78, 5) is 0. The Bertz CT molecular complexity index is 348. The van der Waals surface area contributed by atoms with Crippen LogP contribution in [0.1, 0.15) is 25.3 Å². The maximum absolute atomic E-state index is 5.64. The maximum atomic E-state index is 5.64. The first-order valence-corrected chi connectivity index (χ1v) is 6.28. The van der Waals surface area contributed by atoms with E-state index in [4.69, 9.17) is 10.6 Å². The van der Waals surface area contributed by atoms with E-state index in [0.717, 1.165) is 13.0 Å². The maximum Gasteiger partial charge on any atom is 0.0769 e. The number of hydrogen-bond donors (Lipinski definition) is 2. The summed E-state index contributed by atoms with van der Waals surface area (Å²) in [6, 6.07) is 0.169. The van der Waals surface area contributed by atoms with Gasteiger partial charge in [0.05, 0.1) is 18.3 Å². The van der Waals surface area contributed by atoms with E-state index in [0.29, 0.717) is 5.92 Å². The molecule has 2 atom stereocenters. The second-order valence-corrected chi connectivity index (χ2v) is 4.72. The number of nitrogens with zero attached hydrogens (tertiary/aromatic N) is 2. The molecule has 2 unspecified atom stereocenters. The summed E-state index contributed by atoms with van der Waals surface area (Å²) in [5.41, 5.74) is 4.09. The van der Waals surface area contributed by atoms with Gasteiger partial charge in [-0.05, 0) is 37.7 Å².